The number of aromatic hydroxyl groups is 2. The summed E-state index contributed by atoms with van der Waals surface area (Å²) in [5.74, 6) is 0.465. The van der Waals surface area contributed by atoms with Crippen molar-refractivity contribution in [1.29, 1.82) is 0 Å². The molecule has 1 heterocycles. The van der Waals surface area contributed by atoms with Gasteiger partial charge in [0, 0.05) is 22.7 Å². The number of nitrogens with zero attached hydrogens (tertiary/aromatic N) is 1. The van der Waals surface area contributed by atoms with Gasteiger partial charge in [0.15, 0.2) is 16.6 Å². The second-order valence-corrected chi connectivity index (χ2v) is 5.46. The molecule has 0 aliphatic rings. The number of rotatable bonds is 4. The van der Waals surface area contributed by atoms with Gasteiger partial charge in [-0.3, -0.25) is 0 Å². The number of phenolic OH excluding ortho intramolecular Hbond substituents is 2. The topological polar surface area (TPSA) is 74.6 Å². The second-order valence-electron chi connectivity index (χ2n) is 4.60. The summed E-state index contributed by atoms with van der Waals surface area (Å²) in [6.07, 6.45) is 0. The zero-order valence-corrected chi connectivity index (χ0v) is 12.6. The number of hydrogen-bond donors (Lipinski definition) is 3. The number of phenols is 2. The van der Waals surface area contributed by atoms with Crippen LogP contribution in [0.15, 0.2) is 47.8 Å². The lowest BCUT2D eigenvalue weighted by molar-refractivity contribution is 0.404. The predicted molar refractivity (Wildman–Crippen MR) is 87.2 cm³/mol. The smallest absolute Gasteiger partial charge is 0.187 e. The zero-order chi connectivity index (χ0) is 15.5. The molecule has 0 unspecified atom stereocenters. The van der Waals surface area contributed by atoms with Gasteiger partial charge in [-0.1, -0.05) is 6.07 Å². The third-order valence-corrected chi connectivity index (χ3v) is 3.85. The molecule has 3 rings (SSSR count). The van der Waals surface area contributed by atoms with Crippen LogP contribution >= 0.6 is 11.3 Å². The zero-order valence-electron chi connectivity index (χ0n) is 11.8. The van der Waals surface area contributed by atoms with Crippen molar-refractivity contribution >= 4 is 22.2 Å². The molecule has 3 N–H and O–H groups in total. The summed E-state index contributed by atoms with van der Waals surface area (Å²) in [5, 5.41) is 24.7. The van der Waals surface area contributed by atoms with E-state index in [0.29, 0.717) is 0 Å². The quantitative estimate of drug-likeness (QED) is 0.635. The largest absolute Gasteiger partial charge is 0.504 e. The number of aromatic nitrogens is 1. The molecule has 112 valence electrons. The lowest BCUT2D eigenvalue weighted by Crippen LogP contribution is -1.90. The molecule has 0 atom stereocenters. The van der Waals surface area contributed by atoms with Crippen LogP contribution in [-0.2, 0) is 0 Å². The van der Waals surface area contributed by atoms with Gasteiger partial charge in [0.25, 0.3) is 0 Å². The van der Waals surface area contributed by atoms with E-state index in [0.717, 1.165) is 27.8 Å². The number of ether oxygens (including phenoxy) is 1. The molecule has 0 aliphatic heterocycles. The van der Waals surface area contributed by atoms with Crippen LogP contribution in [0.2, 0.25) is 0 Å². The van der Waals surface area contributed by atoms with Crippen LogP contribution in [0.5, 0.6) is 17.2 Å². The molecule has 0 bridgehead atoms. The highest BCUT2D eigenvalue weighted by molar-refractivity contribution is 7.14. The maximum Gasteiger partial charge on any atom is 0.187 e. The van der Waals surface area contributed by atoms with Gasteiger partial charge < -0.3 is 20.3 Å². The Hall–Kier alpha value is -2.73. The van der Waals surface area contributed by atoms with Crippen molar-refractivity contribution in [1.82, 2.24) is 4.98 Å². The van der Waals surface area contributed by atoms with Crippen LogP contribution < -0.4 is 10.1 Å². The van der Waals surface area contributed by atoms with Crippen LogP contribution in [0.3, 0.4) is 0 Å². The summed E-state index contributed by atoms with van der Waals surface area (Å²) in [7, 11) is 1.62. The molecule has 1 aromatic heterocycles. The van der Waals surface area contributed by atoms with E-state index in [-0.39, 0.29) is 11.5 Å². The van der Waals surface area contributed by atoms with Crippen molar-refractivity contribution in [2.24, 2.45) is 0 Å². The molecule has 0 aliphatic carbocycles. The predicted octanol–water partition coefficient (Wildman–Crippen LogP) is 3.97. The average Bonchev–Trinajstić information content (AvgIpc) is 2.98. The van der Waals surface area contributed by atoms with Gasteiger partial charge in [0.05, 0.1) is 12.8 Å². The van der Waals surface area contributed by atoms with Gasteiger partial charge in [-0.2, -0.15) is 0 Å². The minimum atomic E-state index is -0.159. The molecule has 0 radical (unpaired) electrons. The third-order valence-electron chi connectivity index (χ3n) is 3.10. The van der Waals surface area contributed by atoms with Crippen molar-refractivity contribution in [2.45, 2.75) is 0 Å². The van der Waals surface area contributed by atoms with Crippen LogP contribution in [0.25, 0.3) is 11.3 Å². The fourth-order valence-electron chi connectivity index (χ4n) is 1.97. The Morgan fingerprint density at radius 2 is 1.95 bits per heavy atom. The number of methoxy groups -OCH3 is 1. The minimum Gasteiger partial charge on any atom is -0.504 e. The van der Waals surface area contributed by atoms with Crippen LogP contribution in [-0.4, -0.2) is 22.3 Å². The van der Waals surface area contributed by atoms with Crippen molar-refractivity contribution in [3.63, 3.8) is 0 Å². The first-order valence-electron chi connectivity index (χ1n) is 6.54. The Morgan fingerprint density at radius 1 is 1.09 bits per heavy atom. The molecule has 5 nitrogen and oxygen atoms in total. The van der Waals surface area contributed by atoms with E-state index >= 15 is 0 Å². The first-order chi connectivity index (χ1) is 10.7. The minimum absolute atomic E-state index is 0.145. The fraction of sp³-hybridized carbons (Fsp3) is 0.0625. The van der Waals surface area contributed by atoms with E-state index in [1.165, 1.54) is 23.5 Å². The molecule has 0 amide bonds. The highest BCUT2D eigenvalue weighted by Crippen LogP contribution is 2.33. The number of hydrogen-bond acceptors (Lipinski definition) is 6. The standard InChI is InChI=1S/C16H14N2O3S/c1-21-12-4-2-3-11(8-12)17-16-18-13(9-22-16)10-5-6-14(19)15(20)7-10/h2-9,19-20H,1H3,(H,17,18). The highest BCUT2D eigenvalue weighted by Gasteiger charge is 2.08. The number of nitrogens with one attached hydrogen (secondary N) is 1. The van der Waals surface area contributed by atoms with Crippen molar-refractivity contribution in [2.75, 3.05) is 12.4 Å². The molecular formula is C16H14N2O3S. The first kappa shape index (κ1) is 14.2. The highest BCUT2D eigenvalue weighted by atomic mass is 32.1. The normalized spacial score (nSPS) is 10.4. The molecule has 0 saturated carbocycles. The summed E-state index contributed by atoms with van der Waals surface area (Å²) >= 11 is 1.46. The Balaban J connectivity index is 1.82. The summed E-state index contributed by atoms with van der Waals surface area (Å²) in [6.45, 7) is 0. The Morgan fingerprint density at radius 3 is 2.73 bits per heavy atom. The maximum atomic E-state index is 9.56. The van der Waals surface area contributed by atoms with E-state index in [2.05, 4.69) is 10.3 Å². The van der Waals surface area contributed by atoms with E-state index < -0.39 is 0 Å². The van der Waals surface area contributed by atoms with E-state index in [1.54, 1.807) is 13.2 Å². The Labute approximate surface area is 131 Å². The SMILES string of the molecule is COc1cccc(Nc2nc(-c3ccc(O)c(O)c3)cs2)c1. The lowest BCUT2D eigenvalue weighted by Gasteiger charge is -2.05. The molecule has 22 heavy (non-hydrogen) atoms. The van der Waals surface area contributed by atoms with E-state index in [1.807, 2.05) is 29.6 Å². The monoisotopic (exact) mass is 314 g/mol. The number of benzene rings is 2. The molecule has 0 spiro atoms. The Kier molecular flexibility index (Phi) is 3.84. The van der Waals surface area contributed by atoms with Gasteiger partial charge in [-0.15, -0.1) is 11.3 Å². The van der Waals surface area contributed by atoms with Crippen LogP contribution in [0, 0.1) is 0 Å². The van der Waals surface area contributed by atoms with Crippen molar-refractivity contribution in [3.05, 3.63) is 47.8 Å². The van der Waals surface area contributed by atoms with Gasteiger partial charge in [0.1, 0.15) is 5.75 Å². The molecule has 2 aromatic carbocycles. The first-order valence-corrected chi connectivity index (χ1v) is 7.42. The van der Waals surface area contributed by atoms with Gasteiger partial charge in [-0.05, 0) is 30.3 Å². The fourth-order valence-corrected chi connectivity index (χ4v) is 2.71. The summed E-state index contributed by atoms with van der Waals surface area (Å²) in [6, 6.07) is 12.2. The molecule has 0 fully saturated rings. The third kappa shape index (κ3) is 2.96. The van der Waals surface area contributed by atoms with Crippen LogP contribution in [0.1, 0.15) is 0 Å². The van der Waals surface area contributed by atoms with E-state index in [4.69, 9.17) is 4.74 Å². The van der Waals surface area contributed by atoms with Crippen molar-refractivity contribution in [3.8, 4) is 28.5 Å². The summed E-state index contributed by atoms with van der Waals surface area (Å²) in [4.78, 5) is 4.48. The number of thiazole rings is 1. The molecule has 3 aromatic rings. The Bertz CT molecular complexity index is 802. The van der Waals surface area contributed by atoms with Crippen LogP contribution in [0.4, 0.5) is 10.8 Å². The summed E-state index contributed by atoms with van der Waals surface area (Å²) in [5.41, 5.74) is 2.35. The second kappa shape index (κ2) is 5.95. The molecule has 6 heteroatoms. The van der Waals surface area contributed by atoms with Gasteiger partial charge in [-0.25, -0.2) is 4.98 Å². The molecule has 0 saturated heterocycles. The molecular weight excluding hydrogens is 300 g/mol. The number of anilines is 2. The lowest BCUT2D eigenvalue weighted by atomic mass is 10.1. The van der Waals surface area contributed by atoms with E-state index in [9.17, 15) is 10.2 Å². The average molecular weight is 314 g/mol. The van der Waals surface area contributed by atoms with Gasteiger partial charge in [0.2, 0.25) is 0 Å². The maximum absolute atomic E-state index is 9.56. The summed E-state index contributed by atoms with van der Waals surface area (Å²) < 4.78 is 5.18. The van der Waals surface area contributed by atoms with Crippen molar-refractivity contribution < 1.29 is 14.9 Å². The van der Waals surface area contributed by atoms with Gasteiger partial charge >= 0.3 is 0 Å².